The van der Waals surface area contributed by atoms with Gasteiger partial charge in [0.1, 0.15) is 12.4 Å². The van der Waals surface area contributed by atoms with Gasteiger partial charge < -0.3 is 20.1 Å². The highest BCUT2D eigenvalue weighted by Gasteiger charge is 2.24. The number of aryl methyl sites for hydroxylation is 1. The van der Waals surface area contributed by atoms with Crippen molar-refractivity contribution >= 4 is 46.3 Å². The fourth-order valence-electron chi connectivity index (χ4n) is 4.54. The van der Waals surface area contributed by atoms with Gasteiger partial charge in [-0.05, 0) is 63.2 Å². The van der Waals surface area contributed by atoms with Crippen molar-refractivity contribution in [2.75, 3.05) is 37.6 Å². The minimum Gasteiger partial charge on any atom is -0.363 e. The van der Waals surface area contributed by atoms with Crippen LogP contribution in [0.1, 0.15) is 44.3 Å². The molecule has 0 saturated carbocycles. The largest absolute Gasteiger partial charge is 0.363 e. The zero-order chi connectivity index (χ0) is 21.6. The number of rotatable bonds is 7. The molecule has 2 aromatic rings. The number of hydrogen-bond donors (Lipinski definition) is 2. The monoisotopic (exact) mass is 572 g/mol. The molecule has 2 N–H and O–H groups in total. The Balaban J connectivity index is 0.00000289. The molecule has 2 saturated heterocycles. The molecular formula is C22H37IN8S. The molecule has 178 valence electrons. The topological polar surface area (TPSA) is 73.6 Å². The van der Waals surface area contributed by atoms with E-state index in [0.717, 1.165) is 56.6 Å². The fourth-order valence-corrected chi connectivity index (χ4v) is 5.32. The van der Waals surface area contributed by atoms with Gasteiger partial charge in [0.05, 0.1) is 5.00 Å². The number of likely N-dealkylation sites (tertiary alicyclic amines) is 1. The highest BCUT2D eigenvalue weighted by Crippen LogP contribution is 2.24. The Kier molecular flexibility index (Phi) is 9.60. The molecule has 0 radical (unpaired) electrons. The summed E-state index contributed by atoms with van der Waals surface area (Å²) in [6.07, 6.45) is 4.79. The van der Waals surface area contributed by atoms with Crippen molar-refractivity contribution in [2.45, 2.75) is 58.2 Å². The number of aliphatic imine (C=N–C) groups is 1. The van der Waals surface area contributed by atoms with Crippen LogP contribution in [0, 0.1) is 6.92 Å². The summed E-state index contributed by atoms with van der Waals surface area (Å²) in [6, 6.07) is 5.39. The second kappa shape index (κ2) is 12.2. The first-order chi connectivity index (χ1) is 15.1. The Hall–Kier alpha value is -1.40. The average Bonchev–Trinajstić information content (AvgIpc) is 3.54. The molecule has 0 bridgehead atoms. The number of nitrogens with zero attached hydrogens (tertiary/aromatic N) is 6. The average molecular weight is 573 g/mol. The highest BCUT2D eigenvalue weighted by atomic mass is 127. The molecule has 1 unspecified atom stereocenters. The van der Waals surface area contributed by atoms with Gasteiger partial charge in [-0.25, -0.2) is 4.99 Å². The van der Waals surface area contributed by atoms with Crippen LogP contribution in [0.5, 0.6) is 0 Å². The van der Waals surface area contributed by atoms with Crippen LogP contribution < -0.4 is 15.5 Å². The Bertz CT molecular complexity index is 844. The summed E-state index contributed by atoms with van der Waals surface area (Å²) in [5.74, 6) is 2.71. The predicted octanol–water partition coefficient (Wildman–Crippen LogP) is 2.99. The van der Waals surface area contributed by atoms with E-state index < -0.39 is 0 Å². The summed E-state index contributed by atoms with van der Waals surface area (Å²) in [5.41, 5.74) is 0. The van der Waals surface area contributed by atoms with Gasteiger partial charge in [0.2, 0.25) is 0 Å². The van der Waals surface area contributed by atoms with Crippen molar-refractivity contribution in [2.24, 2.45) is 12.0 Å². The minimum atomic E-state index is 0. The standard InChI is InChI=1S/C22H36N8S.HI/c1-4-29-11-5-7-19(29)15-23-22(24-16-20-27-26-17(2)28(20)3)25-18-9-12-30(13-10-18)21-8-6-14-31-21;/h6,8,14,18-19H,4-5,7,9-13,15-16H2,1-3H3,(H2,23,24,25);1H. The predicted molar refractivity (Wildman–Crippen MR) is 143 cm³/mol. The molecule has 32 heavy (non-hydrogen) atoms. The fraction of sp³-hybridized carbons (Fsp3) is 0.682. The summed E-state index contributed by atoms with van der Waals surface area (Å²) in [7, 11) is 2.00. The summed E-state index contributed by atoms with van der Waals surface area (Å²) in [5, 5.41) is 19.3. The van der Waals surface area contributed by atoms with Crippen molar-refractivity contribution < 1.29 is 0 Å². The first-order valence-electron chi connectivity index (χ1n) is 11.6. The van der Waals surface area contributed by atoms with E-state index in [4.69, 9.17) is 4.99 Å². The van der Waals surface area contributed by atoms with E-state index in [-0.39, 0.29) is 24.0 Å². The molecule has 0 amide bonds. The van der Waals surface area contributed by atoms with Crippen molar-refractivity contribution in [3.8, 4) is 0 Å². The molecule has 8 nitrogen and oxygen atoms in total. The summed E-state index contributed by atoms with van der Waals surface area (Å²) >= 11 is 1.83. The second-order valence-electron chi connectivity index (χ2n) is 8.55. The van der Waals surface area contributed by atoms with Gasteiger partial charge in [0.25, 0.3) is 0 Å². The molecule has 2 aliphatic heterocycles. The van der Waals surface area contributed by atoms with Gasteiger partial charge in [0.15, 0.2) is 11.8 Å². The van der Waals surface area contributed by atoms with Crippen LogP contribution in [0.4, 0.5) is 5.00 Å². The normalized spacial score (nSPS) is 20.4. The van der Waals surface area contributed by atoms with E-state index in [1.54, 1.807) is 0 Å². The van der Waals surface area contributed by atoms with Crippen LogP contribution in [0.25, 0.3) is 0 Å². The van der Waals surface area contributed by atoms with Gasteiger partial charge in [-0.15, -0.1) is 45.5 Å². The van der Waals surface area contributed by atoms with Crippen LogP contribution in [0.2, 0.25) is 0 Å². The molecule has 10 heteroatoms. The molecule has 0 aliphatic carbocycles. The van der Waals surface area contributed by atoms with Crippen molar-refractivity contribution in [1.82, 2.24) is 30.3 Å². The van der Waals surface area contributed by atoms with Crippen molar-refractivity contribution in [3.63, 3.8) is 0 Å². The number of halogens is 1. The third-order valence-electron chi connectivity index (χ3n) is 6.63. The minimum absolute atomic E-state index is 0. The van der Waals surface area contributed by atoms with E-state index in [2.05, 4.69) is 55.1 Å². The summed E-state index contributed by atoms with van der Waals surface area (Å²) in [6.45, 7) is 10.2. The Morgan fingerprint density at radius 2 is 2.03 bits per heavy atom. The number of guanidine groups is 1. The van der Waals surface area contributed by atoms with Crippen LogP contribution in [-0.4, -0.2) is 70.4 Å². The van der Waals surface area contributed by atoms with Crippen LogP contribution in [0.15, 0.2) is 22.5 Å². The molecule has 4 heterocycles. The molecule has 0 spiro atoms. The number of aromatic nitrogens is 3. The molecule has 2 fully saturated rings. The van der Waals surface area contributed by atoms with E-state index in [1.807, 2.05) is 29.9 Å². The van der Waals surface area contributed by atoms with Crippen LogP contribution in [-0.2, 0) is 13.6 Å². The van der Waals surface area contributed by atoms with Gasteiger partial charge in [-0.2, -0.15) is 0 Å². The zero-order valence-electron chi connectivity index (χ0n) is 19.5. The highest BCUT2D eigenvalue weighted by molar-refractivity contribution is 14.0. The van der Waals surface area contributed by atoms with E-state index in [1.165, 1.54) is 24.4 Å². The molecule has 4 rings (SSSR count). The van der Waals surface area contributed by atoms with E-state index in [9.17, 15) is 0 Å². The number of hydrogen-bond acceptors (Lipinski definition) is 6. The number of likely N-dealkylation sites (N-methyl/N-ethyl adjacent to an activating group) is 1. The maximum Gasteiger partial charge on any atom is 0.191 e. The third-order valence-corrected chi connectivity index (χ3v) is 7.55. The number of anilines is 1. The lowest BCUT2D eigenvalue weighted by Gasteiger charge is -2.34. The lowest BCUT2D eigenvalue weighted by molar-refractivity contribution is 0.266. The van der Waals surface area contributed by atoms with Gasteiger partial charge in [0, 0.05) is 38.8 Å². The Morgan fingerprint density at radius 1 is 1.22 bits per heavy atom. The molecule has 1 atom stereocenters. The molecular weight excluding hydrogens is 535 g/mol. The maximum absolute atomic E-state index is 4.88. The van der Waals surface area contributed by atoms with Crippen LogP contribution >= 0.6 is 35.3 Å². The Morgan fingerprint density at radius 3 is 2.69 bits per heavy atom. The van der Waals surface area contributed by atoms with E-state index in [0.29, 0.717) is 18.6 Å². The lowest BCUT2D eigenvalue weighted by atomic mass is 10.1. The number of piperidine rings is 1. The second-order valence-corrected chi connectivity index (χ2v) is 9.48. The smallest absolute Gasteiger partial charge is 0.191 e. The van der Waals surface area contributed by atoms with E-state index >= 15 is 0 Å². The first-order valence-corrected chi connectivity index (χ1v) is 12.4. The maximum atomic E-state index is 4.88. The summed E-state index contributed by atoms with van der Waals surface area (Å²) in [4.78, 5) is 9.94. The molecule has 2 aromatic heterocycles. The summed E-state index contributed by atoms with van der Waals surface area (Å²) < 4.78 is 2.01. The van der Waals surface area contributed by atoms with Gasteiger partial charge in [-0.3, -0.25) is 4.90 Å². The SMILES string of the molecule is CCN1CCCC1CNC(=NCc1nnc(C)n1C)NC1CCN(c2cccs2)CC1.I. The van der Waals surface area contributed by atoms with Gasteiger partial charge >= 0.3 is 0 Å². The third kappa shape index (κ3) is 6.34. The molecule has 2 aliphatic rings. The van der Waals surface area contributed by atoms with Gasteiger partial charge in [-0.1, -0.05) is 6.92 Å². The zero-order valence-corrected chi connectivity index (χ0v) is 22.6. The van der Waals surface area contributed by atoms with Crippen LogP contribution in [0.3, 0.4) is 0 Å². The first kappa shape index (κ1) is 25.2. The number of thiophene rings is 1. The lowest BCUT2D eigenvalue weighted by Crippen LogP contribution is -2.51. The van der Waals surface area contributed by atoms with Crippen molar-refractivity contribution in [1.29, 1.82) is 0 Å². The Labute approximate surface area is 212 Å². The van der Waals surface area contributed by atoms with Crippen molar-refractivity contribution in [3.05, 3.63) is 29.2 Å². The number of nitrogens with one attached hydrogen (secondary N) is 2. The molecule has 0 aromatic carbocycles. The quantitative estimate of drug-likeness (QED) is 0.302.